The molecule has 9 heteroatoms. The third-order valence-electron chi connectivity index (χ3n) is 4.68. The lowest BCUT2D eigenvalue weighted by atomic mass is 10.1. The molecule has 0 saturated carbocycles. The summed E-state index contributed by atoms with van der Waals surface area (Å²) in [6, 6.07) is 19.4. The summed E-state index contributed by atoms with van der Waals surface area (Å²) in [5, 5.41) is 17.6. The third-order valence-corrected chi connectivity index (χ3v) is 5.95. The normalized spacial score (nSPS) is 10.6. The predicted molar refractivity (Wildman–Crippen MR) is 127 cm³/mol. The molecule has 31 heavy (non-hydrogen) atoms. The highest BCUT2D eigenvalue weighted by molar-refractivity contribution is 7.80. The highest BCUT2D eigenvalue weighted by Crippen LogP contribution is 2.34. The number of para-hydroxylation sites is 2. The molecule has 1 heterocycles. The van der Waals surface area contributed by atoms with Gasteiger partial charge in [-0.25, -0.2) is 4.98 Å². The number of nitrogens with zero attached hydrogens (tertiary/aromatic N) is 2. The maximum absolute atomic E-state index is 12.5. The summed E-state index contributed by atoms with van der Waals surface area (Å²) in [6.07, 6.45) is 0. The van der Waals surface area contributed by atoms with Crippen molar-refractivity contribution in [3.8, 4) is 10.6 Å². The van der Waals surface area contributed by atoms with Crippen molar-refractivity contribution in [1.29, 1.82) is 0 Å². The molecule has 0 radical (unpaired) electrons. The fourth-order valence-electron chi connectivity index (χ4n) is 3.14. The first kappa shape index (κ1) is 20.6. The molecule has 0 saturated heterocycles. The SMILES string of the molecule is Cc1c(NC(=S)NC(=O)c2ccccc2[N+](=O)[O-])cccc1-c1nc2ccccc2s1. The van der Waals surface area contributed by atoms with Crippen molar-refractivity contribution in [3.05, 3.63) is 88.0 Å². The van der Waals surface area contributed by atoms with Crippen molar-refractivity contribution >= 4 is 56.2 Å². The van der Waals surface area contributed by atoms with Gasteiger partial charge in [-0.3, -0.25) is 20.2 Å². The van der Waals surface area contributed by atoms with E-state index in [9.17, 15) is 14.9 Å². The Morgan fingerprint density at radius 3 is 2.58 bits per heavy atom. The fraction of sp³-hybridized carbons (Fsp3) is 0.0455. The number of thiocarbonyl (C=S) groups is 1. The smallest absolute Gasteiger partial charge is 0.282 e. The number of carbonyl (C=O) groups excluding carboxylic acids is 1. The molecule has 0 bridgehead atoms. The summed E-state index contributed by atoms with van der Waals surface area (Å²) in [7, 11) is 0. The number of hydrogen-bond acceptors (Lipinski definition) is 6. The van der Waals surface area contributed by atoms with Crippen molar-refractivity contribution in [2.75, 3.05) is 5.32 Å². The Kier molecular flexibility index (Phi) is 5.70. The van der Waals surface area contributed by atoms with E-state index in [1.54, 1.807) is 17.4 Å². The molecule has 0 unspecified atom stereocenters. The van der Waals surface area contributed by atoms with Crippen LogP contribution in [0.4, 0.5) is 11.4 Å². The lowest BCUT2D eigenvalue weighted by Crippen LogP contribution is -2.34. The molecule has 0 aliphatic rings. The van der Waals surface area contributed by atoms with E-state index in [0.29, 0.717) is 5.69 Å². The van der Waals surface area contributed by atoms with Gasteiger partial charge in [-0.1, -0.05) is 36.4 Å². The van der Waals surface area contributed by atoms with E-state index in [0.717, 1.165) is 26.4 Å². The van der Waals surface area contributed by atoms with Gasteiger partial charge in [0.15, 0.2) is 5.11 Å². The third kappa shape index (κ3) is 4.27. The van der Waals surface area contributed by atoms with Crippen LogP contribution in [0.25, 0.3) is 20.8 Å². The minimum atomic E-state index is -0.648. The van der Waals surface area contributed by atoms with Crippen molar-refractivity contribution < 1.29 is 9.72 Å². The van der Waals surface area contributed by atoms with Crippen LogP contribution in [-0.2, 0) is 0 Å². The molecule has 4 rings (SSSR count). The quantitative estimate of drug-likeness (QED) is 0.250. The molecule has 4 aromatic rings. The number of hydrogen-bond donors (Lipinski definition) is 2. The van der Waals surface area contributed by atoms with Crippen LogP contribution in [0, 0.1) is 17.0 Å². The second-order valence-corrected chi connectivity index (χ2v) is 8.09. The first-order valence-corrected chi connectivity index (χ1v) is 10.5. The van der Waals surface area contributed by atoms with Crippen LogP contribution in [-0.4, -0.2) is 20.9 Å². The number of anilines is 1. The zero-order valence-electron chi connectivity index (χ0n) is 16.3. The minimum absolute atomic E-state index is 0.0488. The topological polar surface area (TPSA) is 97.2 Å². The van der Waals surface area contributed by atoms with Crippen LogP contribution in [0.3, 0.4) is 0 Å². The molecule has 3 aromatic carbocycles. The minimum Gasteiger partial charge on any atom is -0.332 e. The Labute approximate surface area is 186 Å². The molecule has 0 atom stereocenters. The van der Waals surface area contributed by atoms with E-state index in [2.05, 4.69) is 10.6 Å². The Balaban J connectivity index is 1.55. The molecule has 0 aliphatic heterocycles. The van der Waals surface area contributed by atoms with Crippen LogP contribution < -0.4 is 10.6 Å². The summed E-state index contributed by atoms with van der Waals surface area (Å²) in [5.74, 6) is -0.648. The highest BCUT2D eigenvalue weighted by atomic mass is 32.1. The maximum atomic E-state index is 12.5. The van der Waals surface area contributed by atoms with Crippen molar-refractivity contribution in [1.82, 2.24) is 10.3 Å². The van der Waals surface area contributed by atoms with E-state index in [4.69, 9.17) is 17.2 Å². The monoisotopic (exact) mass is 448 g/mol. The van der Waals surface area contributed by atoms with Crippen molar-refractivity contribution in [2.45, 2.75) is 6.92 Å². The number of thiazole rings is 1. The Bertz CT molecular complexity index is 1300. The van der Waals surface area contributed by atoms with Gasteiger partial charge < -0.3 is 5.32 Å². The number of fused-ring (bicyclic) bond motifs is 1. The number of nitro benzene ring substituents is 1. The van der Waals surface area contributed by atoms with Gasteiger partial charge in [-0.05, 0) is 49.0 Å². The van der Waals surface area contributed by atoms with E-state index < -0.39 is 10.8 Å². The second kappa shape index (κ2) is 8.58. The lowest BCUT2D eigenvalue weighted by Gasteiger charge is -2.13. The summed E-state index contributed by atoms with van der Waals surface area (Å²) in [5.41, 5.74) is 3.19. The van der Waals surface area contributed by atoms with E-state index in [-0.39, 0.29) is 16.4 Å². The first-order chi connectivity index (χ1) is 14.9. The largest absolute Gasteiger partial charge is 0.332 e. The van der Waals surface area contributed by atoms with Crippen molar-refractivity contribution in [3.63, 3.8) is 0 Å². The van der Waals surface area contributed by atoms with Crippen LogP contribution in [0.5, 0.6) is 0 Å². The predicted octanol–water partition coefficient (Wildman–Crippen LogP) is 5.31. The van der Waals surface area contributed by atoms with Gasteiger partial charge in [0.2, 0.25) is 0 Å². The number of rotatable bonds is 4. The Hall–Kier alpha value is -3.69. The number of nitro groups is 1. The summed E-state index contributed by atoms with van der Waals surface area (Å²) in [6.45, 7) is 1.94. The van der Waals surface area contributed by atoms with Crippen LogP contribution >= 0.6 is 23.6 Å². The first-order valence-electron chi connectivity index (χ1n) is 9.25. The molecule has 0 aliphatic carbocycles. The summed E-state index contributed by atoms with van der Waals surface area (Å²) >= 11 is 6.87. The molecule has 1 aromatic heterocycles. The van der Waals surface area contributed by atoms with Gasteiger partial charge in [0.1, 0.15) is 10.6 Å². The van der Waals surface area contributed by atoms with Gasteiger partial charge >= 0.3 is 0 Å². The van der Waals surface area contributed by atoms with Crippen LogP contribution in [0.15, 0.2) is 66.7 Å². The zero-order valence-corrected chi connectivity index (χ0v) is 17.9. The summed E-state index contributed by atoms with van der Waals surface area (Å²) < 4.78 is 1.10. The second-order valence-electron chi connectivity index (χ2n) is 6.65. The van der Waals surface area contributed by atoms with Crippen molar-refractivity contribution in [2.24, 2.45) is 0 Å². The Morgan fingerprint density at radius 1 is 1.06 bits per heavy atom. The summed E-state index contributed by atoms with van der Waals surface area (Å²) in [4.78, 5) is 27.8. The molecule has 7 nitrogen and oxygen atoms in total. The molecule has 0 fully saturated rings. The van der Waals surface area contributed by atoms with Gasteiger partial charge in [-0.2, -0.15) is 0 Å². The molecule has 0 spiro atoms. The standard InChI is InChI=1S/C22H16N4O3S2/c1-13-14(21-23-17-9-3-5-12-19(17)31-21)8-6-10-16(13)24-22(30)25-20(27)15-7-2-4-11-18(15)26(28)29/h2-12H,1H3,(H2,24,25,27,30). The lowest BCUT2D eigenvalue weighted by molar-refractivity contribution is -0.385. The average molecular weight is 449 g/mol. The van der Waals surface area contributed by atoms with Gasteiger partial charge in [0.05, 0.1) is 15.1 Å². The number of carbonyl (C=O) groups is 1. The maximum Gasteiger partial charge on any atom is 0.282 e. The van der Waals surface area contributed by atoms with Gasteiger partial charge in [-0.15, -0.1) is 11.3 Å². The highest BCUT2D eigenvalue weighted by Gasteiger charge is 2.20. The average Bonchev–Trinajstić information content (AvgIpc) is 3.19. The van der Waals surface area contributed by atoms with E-state index >= 15 is 0 Å². The van der Waals surface area contributed by atoms with Crippen LogP contribution in [0.1, 0.15) is 15.9 Å². The number of aromatic nitrogens is 1. The molecular formula is C22H16N4O3S2. The molecule has 1 amide bonds. The molecule has 154 valence electrons. The van der Waals surface area contributed by atoms with Gasteiger partial charge in [0.25, 0.3) is 11.6 Å². The van der Waals surface area contributed by atoms with E-state index in [1.165, 1.54) is 18.2 Å². The van der Waals surface area contributed by atoms with E-state index in [1.807, 2.05) is 49.4 Å². The number of amides is 1. The number of nitrogens with one attached hydrogen (secondary N) is 2. The van der Waals surface area contributed by atoms with Crippen LogP contribution in [0.2, 0.25) is 0 Å². The molecule has 2 N–H and O–H groups in total. The zero-order chi connectivity index (χ0) is 22.0. The Morgan fingerprint density at radius 2 is 1.81 bits per heavy atom. The molecular weight excluding hydrogens is 432 g/mol. The van der Waals surface area contributed by atoms with Gasteiger partial charge in [0, 0.05) is 17.3 Å². The number of benzene rings is 3. The fourth-order valence-corrected chi connectivity index (χ4v) is 4.39.